The number of nitrogens with two attached hydrogens (primary N) is 1. The number of sulfone groups is 1. The fourth-order valence-electron chi connectivity index (χ4n) is 2.44. The minimum Gasteiger partial charge on any atom is -0.354 e. The molecule has 1 aromatic rings. The zero-order valence-corrected chi connectivity index (χ0v) is 13.0. The normalized spacial score (nSPS) is 19.9. The van der Waals surface area contributed by atoms with Crippen LogP contribution in [0.25, 0.3) is 0 Å². The van der Waals surface area contributed by atoms with Crippen molar-refractivity contribution in [2.75, 3.05) is 29.5 Å². The van der Waals surface area contributed by atoms with E-state index in [1.807, 2.05) is 13.1 Å². The Morgan fingerprint density at radius 3 is 2.60 bits per heavy atom. The summed E-state index contributed by atoms with van der Waals surface area (Å²) in [5.41, 5.74) is 8.19. The maximum absolute atomic E-state index is 11.5. The predicted octanol–water partition coefficient (Wildman–Crippen LogP) is 0.905. The van der Waals surface area contributed by atoms with E-state index in [9.17, 15) is 8.42 Å². The largest absolute Gasteiger partial charge is 0.354 e. The lowest BCUT2D eigenvalue weighted by Gasteiger charge is -2.29. The van der Waals surface area contributed by atoms with Gasteiger partial charge in [-0.25, -0.2) is 13.4 Å². The van der Waals surface area contributed by atoms with Gasteiger partial charge >= 0.3 is 0 Å². The Bertz CT molecular complexity index is 558. The Hall–Kier alpha value is -1.14. The molecule has 0 aromatic carbocycles. The third kappa shape index (κ3) is 3.70. The fourth-order valence-corrected chi connectivity index (χ4v) is 3.64. The highest BCUT2D eigenvalue weighted by Gasteiger charge is 2.23. The van der Waals surface area contributed by atoms with E-state index in [-0.39, 0.29) is 17.5 Å². The van der Waals surface area contributed by atoms with Gasteiger partial charge in [0.1, 0.15) is 5.82 Å². The SMILES string of the molecule is CCC(N)Cc1cnc(N2CCS(=O)(=O)CC2)c(C)c1. The molecule has 1 aromatic heterocycles. The Kier molecular flexibility index (Phi) is 4.65. The first-order chi connectivity index (χ1) is 9.41. The molecule has 20 heavy (non-hydrogen) atoms. The molecule has 0 amide bonds. The van der Waals surface area contributed by atoms with Crippen LogP contribution < -0.4 is 10.6 Å². The molecule has 1 aliphatic heterocycles. The molecule has 1 atom stereocenters. The smallest absolute Gasteiger partial charge is 0.153 e. The van der Waals surface area contributed by atoms with Gasteiger partial charge in [-0.15, -0.1) is 0 Å². The average Bonchev–Trinajstić information content (AvgIpc) is 2.39. The maximum atomic E-state index is 11.5. The van der Waals surface area contributed by atoms with Crippen molar-refractivity contribution >= 4 is 15.7 Å². The highest BCUT2D eigenvalue weighted by Crippen LogP contribution is 2.20. The molecule has 0 spiro atoms. The number of hydrogen-bond donors (Lipinski definition) is 1. The van der Waals surface area contributed by atoms with E-state index in [1.165, 1.54) is 0 Å². The number of anilines is 1. The summed E-state index contributed by atoms with van der Waals surface area (Å²) in [6.45, 7) is 5.16. The van der Waals surface area contributed by atoms with Gasteiger partial charge in [-0.2, -0.15) is 0 Å². The first-order valence-corrected chi connectivity index (χ1v) is 8.90. The summed E-state index contributed by atoms with van der Waals surface area (Å²) in [5.74, 6) is 1.33. The predicted molar refractivity (Wildman–Crippen MR) is 81.8 cm³/mol. The molecule has 2 rings (SSSR count). The van der Waals surface area contributed by atoms with Crippen molar-refractivity contribution in [1.82, 2.24) is 4.98 Å². The maximum Gasteiger partial charge on any atom is 0.153 e. The second-order valence-corrected chi connectivity index (χ2v) is 7.80. The van der Waals surface area contributed by atoms with Crippen molar-refractivity contribution in [3.8, 4) is 0 Å². The molecule has 5 nitrogen and oxygen atoms in total. The Morgan fingerprint density at radius 1 is 1.40 bits per heavy atom. The third-order valence-corrected chi connectivity index (χ3v) is 5.38. The molecule has 2 heterocycles. The first kappa shape index (κ1) is 15.3. The van der Waals surface area contributed by atoms with E-state index >= 15 is 0 Å². The summed E-state index contributed by atoms with van der Waals surface area (Å²) in [6, 6.07) is 2.28. The van der Waals surface area contributed by atoms with Crippen molar-refractivity contribution in [3.05, 3.63) is 23.4 Å². The van der Waals surface area contributed by atoms with Crippen LogP contribution in [-0.4, -0.2) is 44.0 Å². The van der Waals surface area contributed by atoms with E-state index in [4.69, 9.17) is 5.73 Å². The second kappa shape index (κ2) is 6.10. The Morgan fingerprint density at radius 2 is 2.05 bits per heavy atom. The molecule has 2 N–H and O–H groups in total. The lowest BCUT2D eigenvalue weighted by molar-refractivity contribution is 0.586. The Balaban J connectivity index is 2.10. The molecular weight excluding hydrogens is 274 g/mol. The van der Waals surface area contributed by atoms with E-state index in [0.29, 0.717) is 13.1 Å². The number of rotatable bonds is 4. The zero-order valence-electron chi connectivity index (χ0n) is 12.2. The van der Waals surface area contributed by atoms with Gasteiger partial charge < -0.3 is 10.6 Å². The van der Waals surface area contributed by atoms with Crippen molar-refractivity contribution < 1.29 is 8.42 Å². The van der Waals surface area contributed by atoms with Crippen LogP contribution in [0.15, 0.2) is 12.3 Å². The molecule has 0 saturated carbocycles. The molecule has 1 aliphatic rings. The number of aryl methyl sites for hydroxylation is 1. The number of hydrogen-bond acceptors (Lipinski definition) is 5. The second-order valence-electron chi connectivity index (χ2n) is 5.50. The zero-order chi connectivity index (χ0) is 14.8. The molecule has 1 unspecified atom stereocenters. The van der Waals surface area contributed by atoms with Gasteiger partial charge in [0.05, 0.1) is 11.5 Å². The van der Waals surface area contributed by atoms with Crippen LogP contribution in [0.3, 0.4) is 0 Å². The van der Waals surface area contributed by atoms with Crippen LogP contribution in [0.2, 0.25) is 0 Å². The van der Waals surface area contributed by atoms with Crippen molar-refractivity contribution in [3.63, 3.8) is 0 Å². The molecule has 0 radical (unpaired) electrons. The van der Waals surface area contributed by atoms with Crippen molar-refractivity contribution in [2.45, 2.75) is 32.7 Å². The summed E-state index contributed by atoms with van der Waals surface area (Å²) < 4.78 is 22.9. The lowest BCUT2D eigenvalue weighted by atomic mass is 10.0. The van der Waals surface area contributed by atoms with Gasteiger partial charge in [0.15, 0.2) is 9.84 Å². The number of pyridine rings is 1. The molecule has 112 valence electrons. The van der Waals surface area contributed by atoms with Crippen LogP contribution in [0.5, 0.6) is 0 Å². The minimum atomic E-state index is -2.85. The van der Waals surface area contributed by atoms with Gasteiger partial charge in [-0.1, -0.05) is 13.0 Å². The van der Waals surface area contributed by atoms with Gasteiger partial charge in [0, 0.05) is 25.3 Å². The van der Waals surface area contributed by atoms with Gasteiger partial charge in [0.25, 0.3) is 0 Å². The molecule has 1 saturated heterocycles. The third-order valence-electron chi connectivity index (χ3n) is 3.77. The van der Waals surface area contributed by atoms with Crippen LogP contribution >= 0.6 is 0 Å². The lowest BCUT2D eigenvalue weighted by Crippen LogP contribution is -2.41. The van der Waals surface area contributed by atoms with Crippen molar-refractivity contribution in [2.24, 2.45) is 5.73 Å². The molecule has 0 aliphatic carbocycles. The summed E-state index contributed by atoms with van der Waals surface area (Å²) >= 11 is 0. The number of aromatic nitrogens is 1. The van der Waals surface area contributed by atoms with Gasteiger partial charge in [-0.3, -0.25) is 0 Å². The molecule has 6 heteroatoms. The highest BCUT2D eigenvalue weighted by molar-refractivity contribution is 7.91. The molecule has 0 bridgehead atoms. The summed E-state index contributed by atoms with van der Waals surface area (Å²) in [4.78, 5) is 6.57. The monoisotopic (exact) mass is 297 g/mol. The van der Waals surface area contributed by atoms with E-state index < -0.39 is 9.84 Å². The quantitative estimate of drug-likeness (QED) is 0.894. The highest BCUT2D eigenvalue weighted by atomic mass is 32.2. The van der Waals surface area contributed by atoms with E-state index in [0.717, 1.165) is 29.8 Å². The van der Waals surface area contributed by atoms with Crippen molar-refractivity contribution in [1.29, 1.82) is 0 Å². The first-order valence-electron chi connectivity index (χ1n) is 7.08. The van der Waals surface area contributed by atoms with Crippen LogP contribution in [0, 0.1) is 6.92 Å². The van der Waals surface area contributed by atoms with Crippen LogP contribution in [-0.2, 0) is 16.3 Å². The van der Waals surface area contributed by atoms with Crippen LogP contribution in [0.1, 0.15) is 24.5 Å². The molecular formula is C14H23N3O2S. The Labute approximate surface area is 121 Å². The van der Waals surface area contributed by atoms with Gasteiger partial charge in [0.2, 0.25) is 0 Å². The summed E-state index contributed by atoms with van der Waals surface area (Å²) in [6.07, 6.45) is 3.64. The average molecular weight is 297 g/mol. The standard InChI is InChI=1S/C14H23N3O2S/c1-3-13(15)9-12-8-11(2)14(16-10-12)17-4-6-20(18,19)7-5-17/h8,10,13H,3-7,9,15H2,1-2H3. The fraction of sp³-hybridized carbons (Fsp3) is 0.643. The van der Waals surface area contributed by atoms with E-state index in [2.05, 4.69) is 22.9 Å². The van der Waals surface area contributed by atoms with Crippen LogP contribution in [0.4, 0.5) is 5.82 Å². The minimum absolute atomic E-state index is 0.169. The summed E-state index contributed by atoms with van der Waals surface area (Å²) in [7, 11) is -2.85. The topological polar surface area (TPSA) is 76.3 Å². The summed E-state index contributed by atoms with van der Waals surface area (Å²) in [5, 5.41) is 0. The van der Waals surface area contributed by atoms with E-state index in [1.54, 1.807) is 0 Å². The molecule has 1 fully saturated rings. The van der Waals surface area contributed by atoms with Gasteiger partial charge in [-0.05, 0) is 30.9 Å². The number of nitrogens with zero attached hydrogens (tertiary/aromatic N) is 2.